The number of hydrogen-bond acceptors (Lipinski definition) is 2. The highest BCUT2D eigenvalue weighted by atomic mass is 16.3. The van der Waals surface area contributed by atoms with Gasteiger partial charge in [0.25, 0.3) is 0 Å². The summed E-state index contributed by atoms with van der Waals surface area (Å²) in [7, 11) is 0. The molecule has 0 radical (unpaired) electrons. The number of hydrogen-bond donors (Lipinski definition) is 1. The molecule has 0 bridgehead atoms. The Bertz CT molecular complexity index is 515. The highest BCUT2D eigenvalue weighted by Gasteiger charge is 2.06. The first-order valence-electron chi connectivity index (χ1n) is 5.83. The second-order valence-corrected chi connectivity index (χ2v) is 3.99. The monoisotopic (exact) mass is 241 g/mol. The van der Waals surface area contributed by atoms with Crippen molar-refractivity contribution < 1.29 is 9.21 Å². The van der Waals surface area contributed by atoms with Gasteiger partial charge in [-0.05, 0) is 30.7 Å². The van der Waals surface area contributed by atoms with E-state index in [1.54, 1.807) is 24.5 Å². The minimum absolute atomic E-state index is 0.0139. The van der Waals surface area contributed by atoms with Gasteiger partial charge in [-0.1, -0.05) is 30.3 Å². The van der Waals surface area contributed by atoms with E-state index in [-0.39, 0.29) is 11.9 Å². The lowest BCUT2D eigenvalue weighted by Gasteiger charge is -2.12. The molecule has 0 aliphatic carbocycles. The molecule has 0 saturated carbocycles. The van der Waals surface area contributed by atoms with E-state index in [1.807, 2.05) is 37.3 Å². The van der Waals surface area contributed by atoms with Crippen LogP contribution in [0.2, 0.25) is 0 Å². The normalized spacial score (nSPS) is 12.5. The average Bonchev–Trinajstić information content (AvgIpc) is 2.90. The van der Waals surface area contributed by atoms with E-state index in [1.165, 1.54) is 6.08 Å². The van der Waals surface area contributed by atoms with E-state index in [0.29, 0.717) is 5.76 Å². The molecule has 0 fully saturated rings. The molecule has 1 N–H and O–H groups in total. The fraction of sp³-hybridized carbons (Fsp3) is 0.133. The predicted octanol–water partition coefficient (Wildman–Crippen LogP) is 3.17. The number of carbonyl (C=O) groups excluding carboxylic acids is 1. The predicted molar refractivity (Wildman–Crippen MR) is 70.7 cm³/mol. The molecule has 3 heteroatoms. The van der Waals surface area contributed by atoms with Crippen LogP contribution in [-0.4, -0.2) is 5.91 Å². The van der Waals surface area contributed by atoms with Crippen molar-refractivity contribution in [2.45, 2.75) is 13.0 Å². The lowest BCUT2D eigenvalue weighted by Crippen LogP contribution is -2.24. The maximum atomic E-state index is 11.7. The van der Waals surface area contributed by atoms with Gasteiger partial charge in [0.2, 0.25) is 5.91 Å². The molecule has 0 aliphatic heterocycles. The van der Waals surface area contributed by atoms with E-state index in [2.05, 4.69) is 5.32 Å². The maximum Gasteiger partial charge on any atom is 0.244 e. The summed E-state index contributed by atoms with van der Waals surface area (Å²) in [6.07, 6.45) is 4.69. The summed E-state index contributed by atoms with van der Waals surface area (Å²) in [5, 5.41) is 2.89. The molecular formula is C15H15NO2. The van der Waals surface area contributed by atoms with Gasteiger partial charge < -0.3 is 9.73 Å². The van der Waals surface area contributed by atoms with Crippen molar-refractivity contribution in [3.63, 3.8) is 0 Å². The minimum atomic E-state index is -0.136. The van der Waals surface area contributed by atoms with E-state index in [9.17, 15) is 4.79 Å². The summed E-state index contributed by atoms with van der Waals surface area (Å²) in [5.74, 6) is 0.528. The number of carbonyl (C=O) groups is 1. The maximum absolute atomic E-state index is 11.7. The lowest BCUT2D eigenvalue weighted by molar-refractivity contribution is -0.117. The van der Waals surface area contributed by atoms with Gasteiger partial charge in [0.15, 0.2) is 0 Å². The van der Waals surface area contributed by atoms with Crippen molar-refractivity contribution in [3.8, 4) is 0 Å². The third-order valence-electron chi connectivity index (χ3n) is 2.60. The van der Waals surface area contributed by atoms with E-state index < -0.39 is 0 Å². The molecule has 18 heavy (non-hydrogen) atoms. The zero-order chi connectivity index (χ0) is 12.8. The van der Waals surface area contributed by atoms with Crippen LogP contribution in [0, 0.1) is 0 Å². The standard InChI is InChI=1S/C15H15NO2/c1-12(13-6-3-2-4-7-13)16-15(17)10-9-14-8-5-11-18-14/h2-12H,1H3,(H,16,17)/t12-/m0/s1. The Kier molecular flexibility index (Phi) is 3.97. The molecule has 2 rings (SSSR count). The van der Waals surface area contributed by atoms with Gasteiger partial charge in [0.05, 0.1) is 12.3 Å². The smallest absolute Gasteiger partial charge is 0.244 e. The zero-order valence-electron chi connectivity index (χ0n) is 10.2. The third-order valence-corrected chi connectivity index (χ3v) is 2.60. The van der Waals surface area contributed by atoms with Gasteiger partial charge in [-0.2, -0.15) is 0 Å². The van der Waals surface area contributed by atoms with Crippen LogP contribution in [0.15, 0.2) is 59.2 Å². The third kappa shape index (κ3) is 3.35. The summed E-state index contributed by atoms with van der Waals surface area (Å²) in [4.78, 5) is 11.7. The van der Waals surface area contributed by atoms with Crippen LogP contribution >= 0.6 is 0 Å². The molecular weight excluding hydrogens is 226 g/mol. The molecule has 0 saturated heterocycles. The first kappa shape index (κ1) is 12.2. The fourth-order valence-electron chi connectivity index (χ4n) is 1.63. The molecule has 92 valence electrons. The van der Waals surface area contributed by atoms with Crippen LogP contribution in [0.25, 0.3) is 6.08 Å². The number of benzene rings is 1. The minimum Gasteiger partial charge on any atom is -0.465 e. The van der Waals surface area contributed by atoms with Gasteiger partial charge in [-0.25, -0.2) is 0 Å². The second-order valence-electron chi connectivity index (χ2n) is 3.99. The van der Waals surface area contributed by atoms with E-state index >= 15 is 0 Å². The highest BCUT2D eigenvalue weighted by molar-refractivity contribution is 5.91. The van der Waals surface area contributed by atoms with Crippen molar-refractivity contribution in [2.75, 3.05) is 0 Å². The van der Waals surface area contributed by atoms with Gasteiger partial charge in [-0.15, -0.1) is 0 Å². The van der Waals surface area contributed by atoms with Gasteiger partial charge >= 0.3 is 0 Å². The SMILES string of the molecule is C[C@H](NC(=O)C=Cc1ccco1)c1ccccc1. The Morgan fingerprint density at radius 2 is 2.00 bits per heavy atom. The molecule has 0 spiro atoms. The molecule has 3 nitrogen and oxygen atoms in total. The van der Waals surface area contributed by atoms with E-state index in [0.717, 1.165) is 5.56 Å². The topological polar surface area (TPSA) is 42.2 Å². The second kappa shape index (κ2) is 5.87. The van der Waals surface area contributed by atoms with Crippen LogP contribution in [0.1, 0.15) is 24.3 Å². The summed E-state index contributed by atoms with van der Waals surface area (Å²) in [5.41, 5.74) is 1.08. The molecule has 1 atom stereocenters. The van der Waals surface area contributed by atoms with Gasteiger partial charge in [0.1, 0.15) is 5.76 Å². The molecule has 1 aromatic carbocycles. The first-order valence-corrected chi connectivity index (χ1v) is 5.83. The van der Waals surface area contributed by atoms with Crippen LogP contribution in [0.3, 0.4) is 0 Å². The quantitative estimate of drug-likeness (QED) is 0.835. The van der Waals surface area contributed by atoms with Crippen LogP contribution in [0.5, 0.6) is 0 Å². The summed E-state index contributed by atoms with van der Waals surface area (Å²) in [6.45, 7) is 1.95. The van der Waals surface area contributed by atoms with Crippen molar-refractivity contribution in [1.82, 2.24) is 5.32 Å². The molecule has 0 aliphatic rings. The molecule has 0 unspecified atom stereocenters. The Balaban J connectivity index is 1.92. The zero-order valence-corrected chi connectivity index (χ0v) is 10.2. The van der Waals surface area contributed by atoms with Gasteiger partial charge in [0, 0.05) is 6.08 Å². The van der Waals surface area contributed by atoms with Crippen molar-refractivity contribution in [1.29, 1.82) is 0 Å². The van der Waals surface area contributed by atoms with Crippen molar-refractivity contribution in [3.05, 3.63) is 66.1 Å². The molecule has 1 aromatic heterocycles. The van der Waals surface area contributed by atoms with Crippen molar-refractivity contribution in [2.24, 2.45) is 0 Å². The summed E-state index contributed by atoms with van der Waals surface area (Å²) >= 11 is 0. The number of amides is 1. The average molecular weight is 241 g/mol. The molecule has 1 heterocycles. The Hall–Kier alpha value is -2.29. The fourth-order valence-corrected chi connectivity index (χ4v) is 1.63. The highest BCUT2D eigenvalue weighted by Crippen LogP contribution is 2.11. The Labute approximate surface area is 106 Å². The summed E-state index contributed by atoms with van der Waals surface area (Å²) in [6, 6.07) is 13.4. The van der Waals surface area contributed by atoms with Crippen LogP contribution in [0.4, 0.5) is 0 Å². The van der Waals surface area contributed by atoms with Crippen LogP contribution in [-0.2, 0) is 4.79 Å². The van der Waals surface area contributed by atoms with Gasteiger partial charge in [-0.3, -0.25) is 4.79 Å². The molecule has 1 amide bonds. The largest absolute Gasteiger partial charge is 0.465 e. The van der Waals surface area contributed by atoms with Crippen LogP contribution < -0.4 is 5.32 Å². The summed E-state index contributed by atoms with van der Waals surface area (Å²) < 4.78 is 5.11. The van der Waals surface area contributed by atoms with Crippen molar-refractivity contribution >= 4 is 12.0 Å². The number of rotatable bonds is 4. The first-order chi connectivity index (χ1) is 8.75. The Morgan fingerprint density at radius 3 is 2.67 bits per heavy atom. The number of nitrogens with one attached hydrogen (secondary N) is 1. The lowest BCUT2D eigenvalue weighted by atomic mass is 10.1. The Morgan fingerprint density at radius 1 is 1.22 bits per heavy atom. The van der Waals surface area contributed by atoms with E-state index in [4.69, 9.17) is 4.42 Å². The molecule has 2 aromatic rings. The number of furan rings is 1.